The topological polar surface area (TPSA) is 219 Å². The van der Waals surface area contributed by atoms with E-state index in [1.165, 1.54) is 59.0 Å². The minimum absolute atomic E-state index is 0.0320. The molecule has 13 nitrogen and oxygen atoms in total. The second-order valence-electron chi connectivity index (χ2n) is 15.8. The number of carboxylic acid groups (broad SMARTS) is 3. The maximum Gasteiger partial charge on any atom is 0.327 e. The van der Waals surface area contributed by atoms with E-state index in [0.717, 1.165) is 62.9 Å². The van der Waals surface area contributed by atoms with E-state index in [2.05, 4.69) is 108 Å². The van der Waals surface area contributed by atoms with Gasteiger partial charge in [0, 0.05) is 42.4 Å². The van der Waals surface area contributed by atoms with E-state index < -0.39 is 42.5 Å². The number of allylic oxidation sites excluding steroid dienone is 10. The highest BCUT2D eigenvalue weighted by Gasteiger charge is 2.23. The normalized spacial score (nSPS) is 13.6. The molecule has 0 aromatic carbocycles. The average molecular weight is 910 g/mol. The molecule has 0 rings (SSSR count). The van der Waals surface area contributed by atoms with Gasteiger partial charge in [-0.25, -0.2) is 4.79 Å². The predicted molar refractivity (Wildman–Crippen MR) is 257 cm³/mol. The first-order valence-corrected chi connectivity index (χ1v) is 23.5. The van der Waals surface area contributed by atoms with E-state index in [4.69, 9.17) is 15.0 Å². The summed E-state index contributed by atoms with van der Waals surface area (Å²) in [6, 6.07) is -1.94. The number of aliphatic hydroxyl groups excluding tert-OH is 1. The quantitative estimate of drug-likeness (QED) is 0.0213. The fourth-order valence-electron chi connectivity index (χ4n) is 5.13. The molecule has 0 aliphatic rings. The monoisotopic (exact) mass is 910 g/mol. The molecule has 0 spiro atoms. The zero-order valence-electron chi connectivity index (χ0n) is 39.3. The summed E-state index contributed by atoms with van der Waals surface area (Å²) >= 11 is 3.18. The van der Waals surface area contributed by atoms with E-state index in [1.54, 1.807) is 11.8 Å². The highest BCUT2D eigenvalue weighted by atomic mass is 32.2. The fraction of sp³-hybridized carbons (Fsp3) is 0.617. The third-order valence-electron chi connectivity index (χ3n) is 8.81. The molecular formula is C47H79N3O10S2. The molecule has 0 bridgehead atoms. The van der Waals surface area contributed by atoms with Gasteiger partial charge < -0.3 is 36.4 Å². The summed E-state index contributed by atoms with van der Waals surface area (Å²) in [6.07, 6.45) is 21.8. The number of aliphatic carboxylic acids is 2. The molecule has 4 atom stereocenters. The molecule has 0 aliphatic heterocycles. The molecule has 7 N–H and O–H groups in total. The van der Waals surface area contributed by atoms with Crippen LogP contribution in [0.5, 0.6) is 0 Å². The number of hydrogen-bond donors (Lipinski definition) is 7. The Kier molecular flexibility index (Phi) is 39.9. The van der Waals surface area contributed by atoms with Crippen molar-refractivity contribution in [3.63, 3.8) is 0 Å². The summed E-state index contributed by atoms with van der Waals surface area (Å²) < 4.78 is 0. The first kappa shape index (κ1) is 62.2. The van der Waals surface area contributed by atoms with Crippen LogP contribution in [0.25, 0.3) is 0 Å². The largest absolute Gasteiger partial charge is 0.483 e. The number of nitrogens with one attached hydrogen (secondary N) is 3. The van der Waals surface area contributed by atoms with E-state index in [0.29, 0.717) is 5.75 Å². The number of aliphatic hydroxyl groups is 1. The zero-order valence-corrected chi connectivity index (χ0v) is 40.9. The minimum atomic E-state index is -1.12. The first-order valence-electron chi connectivity index (χ1n) is 21.2. The minimum Gasteiger partial charge on any atom is -0.483 e. The van der Waals surface area contributed by atoms with Crippen LogP contribution in [-0.2, 0) is 28.8 Å². The van der Waals surface area contributed by atoms with Crippen molar-refractivity contribution in [1.82, 2.24) is 16.0 Å². The number of hydrogen-bond acceptors (Lipinski definition) is 9. The third-order valence-corrected chi connectivity index (χ3v) is 10.9. The molecule has 15 heteroatoms. The number of carbonyl (C=O) groups is 6. The second kappa shape index (κ2) is 39.7. The predicted octanol–water partition coefficient (Wildman–Crippen LogP) is 8.66. The van der Waals surface area contributed by atoms with E-state index in [9.17, 15) is 34.2 Å². The lowest BCUT2D eigenvalue weighted by Gasteiger charge is -2.19. The Balaban J connectivity index is -0.00000106. The molecule has 0 saturated carbocycles. The van der Waals surface area contributed by atoms with Gasteiger partial charge in [-0.3, -0.25) is 24.0 Å². The SMILES string of the molecule is CC(=O)NC(CO)C(=O)NC(C)CSC/C=C(\C)CC/C=C(\C)CCC=C(C)C.CC(C)=CCC/C(C)=C/CC/C(C)=C/CSCC(NC(=O)CC(C)C(=O)O)C(=O)O.O=CO. The highest BCUT2D eigenvalue weighted by Crippen LogP contribution is 2.15. The van der Waals surface area contributed by atoms with Crippen LogP contribution < -0.4 is 16.0 Å². The molecule has 62 heavy (non-hydrogen) atoms. The van der Waals surface area contributed by atoms with Crippen molar-refractivity contribution in [3.05, 3.63) is 69.9 Å². The van der Waals surface area contributed by atoms with Crippen LogP contribution in [0.15, 0.2) is 69.9 Å². The van der Waals surface area contributed by atoms with Gasteiger partial charge in [0.05, 0.1) is 12.5 Å². The number of amides is 3. The van der Waals surface area contributed by atoms with Crippen LogP contribution in [-0.4, -0.2) is 104 Å². The smallest absolute Gasteiger partial charge is 0.327 e. The van der Waals surface area contributed by atoms with Gasteiger partial charge in [0.15, 0.2) is 0 Å². The van der Waals surface area contributed by atoms with E-state index in [1.807, 2.05) is 6.92 Å². The van der Waals surface area contributed by atoms with Gasteiger partial charge in [-0.15, -0.1) is 0 Å². The van der Waals surface area contributed by atoms with Crippen molar-refractivity contribution in [1.29, 1.82) is 0 Å². The lowest BCUT2D eigenvalue weighted by atomic mass is 10.1. The molecule has 0 aromatic rings. The van der Waals surface area contributed by atoms with Gasteiger partial charge in [-0.1, -0.05) is 76.8 Å². The number of thioether (sulfide) groups is 2. The van der Waals surface area contributed by atoms with Gasteiger partial charge in [0.2, 0.25) is 17.7 Å². The Hall–Kier alpha value is -4.08. The van der Waals surface area contributed by atoms with Crippen molar-refractivity contribution in [2.45, 2.75) is 152 Å². The van der Waals surface area contributed by atoms with Crippen molar-refractivity contribution in [3.8, 4) is 0 Å². The summed E-state index contributed by atoms with van der Waals surface area (Å²) in [6.45, 7) is 21.1. The van der Waals surface area contributed by atoms with Crippen molar-refractivity contribution >= 4 is 59.7 Å². The fourth-order valence-corrected chi connectivity index (χ4v) is 7.10. The van der Waals surface area contributed by atoms with Gasteiger partial charge >= 0.3 is 11.9 Å². The number of carboxylic acids is 2. The second-order valence-corrected chi connectivity index (χ2v) is 18.0. The first-order chi connectivity index (χ1) is 29.1. The molecule has 354 valence electrons. The number of rotatable bonds is 29. The molecule has 0 fully saturated rings. The summed E-state index contributed by atoms with van der Waals surface area (Å²) in [5, 5.41) is 41.9. The molecule has 0 heterocycles. The van der Waals surface area contributed by atoms with Crippen LogP contribution in [0.3, 0.4) is 0 Å². The maximum absolute atomic E-state index is 12.0. The van der Waals surface area contributed by atoms with Gasteiger partial charge in [0.1, 0.15) is 12.1 Å². The maximum atomic E-state index is 12.0. The molecule has 3 amide bonds. The van der Waals surface area contributed by atoms with Crippen molar-refractivity contribution < 1.29 is 49.2 Å². The van der Waals surface area contributed by atoms with E-state index >= 15 is 0 Å². The van der Waals surface area contributed by atoms with Crippen molar-refractivity contribution in [2.24, 2.45) is 5.92 Å². The van der Waals surface area contributed by atoms with E-state index in [-0.39, 0.29) is 36.5 Å². The Morgan fingerprint density at radius 3 is 1.34 bits per heavy atom. The highest BCUT2D eigenvalue weighted by molar-refractivity contribution is 7.99. The van der Waals surface area contributed by atoms with Crippen molar-refractivity contribution in [2.75, 3.05) is 29.6 Å². The molecule has 0 aromatic heterocycles. The Labute approximate surface area is 380 Å². The lowest BCUT2D eigenvalue weighted by Crippen LogP contribution is -2.50. The summed E-state index contributed by atoms with van der Waals surface area (Å²) in [7, 11) is 0. The zero-order chi connectivity index (χ0) is 48.0. The molecular weight excluding hydrogens is 831 g/mol. The Bertz CT molecular complexity index is 1530. The van der Waals surface area contributed by atoms with Crippen LogP contribution in [0.2, 0.25) is 0 Å². The Morgan fingerprint density at radius 1 is 0.565 bits per heavy atom. The van der Waals surface area contributed by atoms with Gasteiger partial charge in [-0.2, -0.15) is 23.5 Å². The van der Waals surface area contributed by atoms with Crippen LogP contribution in [0, 0.1) is 5.92 Å². The van der Waals surface area contributed by atoms with Gasteiger partial charge in [-0.05, 0) is 114 Å². The summed E-state index contributed by atoms with van der Waals surface area (Å²) in [5.41, 5.74) is 8.21. The van der Waals surface area contributed by atoms with Crippen LogP contribution >= 0.6 is 23.5 Å². The van der Waals surface area contributed by atoms with Crippen LogP contribution in [0.1, 0.15) is 134 Å². The molecule has 0 radical (unpaired) electrons. The molecule has 4 unspecified atom stereocenters. The van der Waals surface area contributed by atoms with Gasteiger partial charge in [0.25, 0.3) is 6.47 Å². The average Bonchev–Trinajstić information content (AvgIpc) is 3.16. The molecule has 0 saturated heterocycles. The Morgan fingerprint density at radius 2 is 0.968 bits per heavy atom. The molecule has 0 aliphatic carbocycles. The summed E-state index contributed by atoms with van der Waals surface area (Å²) in [4.78, 5) is 65.4. The summed E-state index contributed by atoms with van der Waals surface area (Å²) in [5.74, 6) is -1.71. The third kappa shape index (κ3) is 41.3. The van der Waals surface area contributed by atoms with Crippen LogP contribution in [0.4, 0.5) is 0 Å². The number of carbonyl (C=O) groups excluding carboxylic acids is 3. The lowest BCUT2D eigenvalue weighted by molar-refractivity contribution is -0.144. The standard InChI is InChI=1S/C23H40N2O3S.C23H37NO5S.CH2O2/c1-17(2)9-7-10-18(3)11-8-12-19(4)13-14-29-16-20(5)24-23(28)22(15-26)25-21(6)27;1-16(2)8-6-9-17(3)10-7-11-18(4)12-13-30-15-20(23(28)29)24-21(25)14-19(5)22(26)27;2-1-3/h9,11,13,20,22,26H,7-8,10,12,14-16H2,1-6H3,(H,24,28)(H,25,27);8,10,12,19-20H,6-7,9,11,13-15H2,1-5H3,(H,24,25)(H,26,27)(H,28,29);1H,(H,2,3)/b18-11+,19-13+;17-10+,18-12+;.